The number of ketones is 1. The molecule has 0 saturated heterocycles. The molecule has 2 aromatic rings. The third kappa shape index (κ3) is 2.73. The van der Waals surface area contributed by atoms with Gasteiger partial charge >= 0.3 is 0 Å². The molecule has 4 unspecified atom stereocenters. The number of benzene rings is 2. The summed E-state index contributed by atoms with van der Waals surface area (Å²) in [5.74, 6) is 3.32. The van der Waals surface area contributed by atoms with E-state index in [2.05, 4.69) is 13.8 Å². The van der Waals surface area contributed by atoms with Gasteiger partial charge in [-0.2, -0.15) is 0 Å². The molecule has 2 aromatic carbocycles. The second kappa shape index (κ2) is 7.11. The molecule has 30 heavy (non-hydrogen) atoms. The summed E-state index contributed by atoms with van der Waals surface area (Å²) in [6.07, 6.45) is 1.54. The van der Waals surface area contributed by atoms with Crippen LogP contribution in [0.25, 0.3) is 0 Å². The van der Waals surface area contributed by atoms with Crippen molar-refractivity contribution in [1.82, 2.24) is 0 Å². The van der Waals surface area contributed by atoms with Crippen molar-refractivity contribution >= 4 is 5.78 Å². The number of Topliss-reactive ketones (excluding diaryl/α,β-unsaturated/α-hetero) is 1. The lowest BCUT2D eigenvalue weighted by atomic mass is 9.81. The second-order valence-corrected chi connectivity index (χ2v) is 8.22. The number of carbonyl (C=O) groups is 1. The first-order chi connectivity index (χ1) is 14.5. The smallest absolute Gasteiger partial charge is 0.178 e. The Balaban J connectivity index is 1.55. The maximum absolute atomic E-state index is 13.6. The van der Waals surface area contributed by atoms with E-state index in [4.69, 9.17) is 23.7 Å². The molecular weight excluding hydrogens is 384 g/mol. The molecule has 0 radical (unpaired) electrons. The molecule has 3 heterocycles. The van der Waals surface area contributed by atoms with Crippen molar-refractivity contribution in [2.75, 3.05) is 20.8 Å². The predicted molar refractivity (Wildman–Crippen MR) is 111 cm³/mol. The van der Waals surface area contributed by atoms with Crippen molar-refractivity contribution < 1.29 is 28.5 Å². The first-order valence-electron chi connectivity index (χ1n) is 10.5. The summed E-state index contributed by atoms with van der Waals surface area (Å²) in [6, 6.07) is 7.35. The average Bonchev–Trinajstić information content (AvgIpc) is 3.22. The van der Waals surface area contributed by atoms with E-state index in [-0.39, 0.29) is 18.0 Å². The van der Waals surface area contributed by atoms with E-state index < -0.39 is 5.92 Å². The van der Waals surface area contributed by atoms with E-state index in [1.165, 1.54) is 0 Å². The van der Waals surface area contributed by atoms with Crippen molar-refractivity contribution in [3.8, 4) is 28.7 Å². The van der Waals surface area contributed by atoms with Crippen LogP contribution in [0.5, 0.6) is 28.7 Å². The molecule has 0 aliphatic carbocycles. The second-order valence-electron chi connectivity index (χ2n) is 8.22. The third-order valence-electron chi connectivity index (χ3n) is 6.62. The molecule has 0 spiro atoms. The molecular formula is C24H26O6. The monoisotopic (exact) mass is 410 g/mol. The SMILES string of the molecule is CCC(C)C1Cc2c(ccc3c2OC2COc4cc(OC)c(OC)cc4C2C3=O)O1. The molecule has 0 N–H and O–H groups in total. The first-order valence-corrected chi connectivity index (χ1v) is 10.5. The van der Waals surface area contributed by atoms with Crippen LogP contribution >= 0.6 is 0 Å². The molecule has 0 amide bonds. The van der Waals surface area contributed by atoms with Gasteiger partial charge in [0.1, 0.15) is 36.1 Å². The van der Waals surface area contributed by atoms with Crippen molar-refractivity contribution in [3.05, 3.63) is 41.0 Å². The maximum Gasteiger partial charge on any atom is 0.178 e. The fourth-order valence-electron chi connectivity index (χ4n) is 4.67. The van der Waals surface area contributed by atoms with Crippen molar-refractivity contribution in [2.45, 2.75) is 44.8 Å². The number of methoxy groups -OCH3 is 2. The number of ether oxygens (including phenoxy) is 5. The van der Waals surface area contributed by atoms with Gasteiger partial charge in [-0.25, -0.2) is 0 Å². The highest BCUT2D eigenvalue weighted by atomic mass is 16.5. The van der Waals surface area contributed by atoms with Gasteiger partial charge in [0.25, 0.3) is 0 Å². The maximum atomic E-state index is 13.6. The summed E-state index contributed by atoms with van der Waals surface area (Å²) in [5.41, 5.74) is 2.39. The average molecular weight is 410 g/mol. The number of hydrogen-bond acceptors (Lipinski definition) is 6. The molecule has 0 fully saturated rings. The van der Waals surface area contributed by atoms with Gasteiger partial charge in [-0.05, 0) is 24.1 Å². The van der Waals surface area contributed by atoms with E-state index in [1.807, 2.05) is 18.2 Å². The van der Waals surface area contributed by atoms with Crippen LogP contribution in [0.1, 0.15) is 47.7 Å². The van der Waals surface area contributed by atoms with Gasteiger partial charge in [0.2, 0.25) is 0 Å². The van der Waals surface area contributed by atoms with Crippen LogP contribution in [0, 0.1) is 5.92 Å². The van der Waals surface area contributed by atoms with Gasteiger partial charge in [-0.3, -0.25) is 4.79 Å². The van der Waals surface area contributed by atoms with Gasteiger partial charge in [0, 0.05) is 23.6 Å². The molecule has 3 aliphatic heterocycles. The van der Waals surface area contributed by atoms with Gasteiger partial charge in [-0.1, -0.05) is 20.3 Å². The normalized spacial score (nSPS) is 24.3. The van der Waals surface area contributed by atoms with Crippen LogP contribution in [-0.4, -0.2) is 38.8 Å². The Kier molecular flexibility index (Phi) is 4.53. The summed E-state index contributed by atoms with van der Waals surface area (Å²) in [6.45, 7) is 4.66. The van der Waals surface area contributed by atoms with E-state index >= 15 is 0 Å². The van der Waals surface area contributed by atoms with Crippen LogP contribution in [0.2, 0.25) is 0 Å². The summed E-state index contributed by atoms with van der Waals surface area (Å²) < 4.78 is 29.3. The number of fused-ring (bicyclic) bond motifs is 6. The number of hydrogen-bond donors (Lipinski definition) is 0. The highest BCUT2D eigenvalue weighted by Crippen LogP contribution is 2.50. The van der Waals surface area contributed by atoms with Crippen molar-refractivity contribution in [3.63, 3.8) is 0 Å². The Morgan fingerprint density at radius 2 is 1.87 bits per heavy atom. The predicted octanol–water partition coefficient (Wildman–Crippen LogP) is 4.17. The van der Waals surface area contributed by atoms with Gasteiger partial charge in [0.15, 0.2) is 17.3 Å². The Hall–Kier alpha value is -2.89. The molecule has 0 aromatic heterocycles. The quantitative estimate of drug-likeness (QED) is 0.754. The zero-order valence-corrected chi connectivity index (χ0v) is 17.7. The molecule has 0 saturated carbocycles. The lowest BCUT2D eigenvalue weighted by Crippen LogP contribution is -2.43. The largest absolute Gasteiger partial charge is 0.493 e. The highest BCUT2D eigenvalue weighted by molar-refractivity contribution is 6.06. The van der Waals surface area contributed by atoms with Crippen LogP contribution < -0.4 is 23.7 Å². The van der Waals surface area contributed by atoms with Crippen molar-refractivity contribution in [2.24, 2.45) is 5.92 Å². The lowest BCUT2D eigenvalue weighted by molar-refractivity contribution is 0.0554. The minimum atomic E-state index is -0.438. The Labute approximate surface area is 176 Å². The van der Waals surface area contributed by atoms with E-state index in [0.717, 1.165) is 29.7 Å². The summed E-state index contributed by atoms with van der Waals surface area (Å²) in [5, 5.41) is 0. The molecule has 4 atom stereocenters. The fraction of sp³-hybridized carbons (Fsp3) is 0.458. The van der Waals surface area contributed by atoms with Crippen LogP contribution in [0.4, 0.5) is 0 Å². The van der Waals surface area contributed by atoms with E-state index in [0.29, 0.717) is 41.1 Å². The fourth-order valence-corrected chi connectivity index (χ4v) is 4.67. The Bertz CT molecular complexity index is 1010. The minimum Gasteiger partial charge on any atom is -0.493 e. The Morgan fingerprint density at radius 1 is 1.10 bits per heavy atom. The number of rotatable bonds is 4. The molecule has 5 rings (SSSR count). The molecule has 158 valence electrons. The van der Waals surface area contributed by atoms with Crippen LogP contribution in [0.3, 0.4) is 0 Å². The van der Waals surface area contributed by atoms with E-state index in [9.17, 15) is 4.79 Å². The molecule has 6 heteroatoms. The van der Waals surface area contributed by atoms with Crippen LogP contribution in [0.15, 0.2) is 24.3 Å². The minimum absolute atomic E-state index is 0.0489. The van der Waals surface area contributed by atoms with E-state index in [1.54, 1.807) is 20.3 Å². The number of carbonyl (C=O) groups excluding carboxylic acids is 1. The van der Waals surface area contributed by atoms with Gasteiger partial charge < -0.3 is 23.7 Å². The topological polar surface area (TPSA) is 63.2 Å². The first kappa shape index (κ1) is 19.1. The Morgan fingerprint density at radius 3 is 2.60 bits per heavy atom. The summed E-state index contributed by atoms with van der Waals surface area (Å²) in [4.78, 5) is 13.6. The molecule has 6 nitrogen and oxygen atoms in total. The van der Waals surface area contributed by atoms with Crippen molar-refractivity contribution in [1.29, 1.82) is 0 Å². The van der Waals surface area contributed by atoms with Crippen LogP contribution in [-0.2, 0) is 6.42 Å². The summed E-state index contributed by atoms with van der Waals surface area (Å²) >= 11 is 0. The molecule has 3 aliphatic rings. The van der Waals surface area contributed by atoms with Gasteiger partial charge in [-0.15, -0.1) is 0 Å². The standard InChI is InChI=1S/C24H26O6/c1-5-12(2)17-9-15-16(29-17)7-6-13-23(25)22-14-8-19(26-3)20(27-4)10-18(14)28-11-21(22)30-24(13)15/h6-8,10,12,17,21-22H,5,9,11H2,1-4H3. The zero-order chi connectivity index (χ0) is 21.0. The zero-order valence-electron chi connectivity index (χ0n) is 17.7. The van der Waals surface area contributed by atoms with Gasteiger partial charge in [0.05, 0.1) is 25.7 Å². The summed E-state index contributed by atoms with van der Waals surface area (Å²) in [7, 11) is 3.16. The lowest BCUT2D eigenvalue weighted by Gasteiger charge is -2.37. The highest BCUT2D eigenvalue weighted by Gasteiger charge is 2.45. The molecule has 0 bridgehead atoms. The third-order valence-corrected chi connectivity index (χ3v) is 6.62.